The molecule has 1 amide bonds. The quantitative estimate of drug-likeness (QED) is 0.805. The minimum atomic E-state index is -1.80. The van der Waals surface area contributed by atoms with Crippen molar-refractivity contribution in [1.82, 2.24) is 0 Å². The maximum atomic E-state index is 12.8. The molecule has 1 aliphatic rings. The fourth-order valence-corrected chi connectivity index (χ4v) is 4.25. The van der Waals surface area contributed by atoms with Gasteiger partial charge in [-0.1, -0.05) is 18.2 Å². The summed E-state index contributed by atoms with van der Waals surface area (Å²) in [4.78, 5) is 27.4. The number of amides is 1. The molecule has 1 aliphatic heterocycles. The second-order valence-electron chi connectivity index (χ2n) is 5.85. The SMILES string of the molecule is CC(C)N1C(=O)[C@](O)(CC(=O)c2ccc(Br)s2)c2ccccc21. The van der Waals surface area contributed by atoms with E-state index in [0.717, 1.165) is 3.79 Å². The molecule has 23 heavy (non-hydrogen) atoms. The van der Waals surface area contributed by atoms with E-state index in [2.05, 4.69) is 15.9 Å². The van der Waals surface area contributed by atoms with Crippen molar-refractivity contribution in [2.75, 3.05) is 4.90 Å². The fourth-order valence-electron chi connectivity index (χ4n) is 2.92. The lowest BCUT2D eigenvalue weighted by Gasteiger charge is -2.25. The third kappa shape index (κ3) is 2.65. The number of aliphatic hydroxyl groups is 1. The Balaban J connectivity index is 2.00. The van der Waals surface area contributed by atoms with Crippen LogP contribution in [0.4, 0.5) is 5.69 Å². The first-order valence-electron chi connectivity index (χ1n) is 7.28. The van der Waals surface area contributed by atoms with E-state index < -0.39 is 11.5 Å². The van der Waals surface area contributed by atoms with Gasteiger partial charge in [0, 0.05) is 11.6 Å². The van der Waals surface area contributed by atoms with Crippen molar-refractivity contribution in [3.8, 4) is 0 Å². The number of para-hydroxylation sites is 1. The number of fused-ring (bicyclic) bond motifs is 1. The molecule has 4 nitrogen and oxygen atoms in total. The summed E-state index contributed by atoms with van der Waals surface area (Å²) in [6, 6.07) is 10.5. The molecule has 120 valence electrons. The van der Waals surface area contributed by atoms with Crippen LogP contribution in [0.25, 0.3) is 0 Å². The van der Waals surface area contributed by atoms with Crippen LogP contribution in [0.15, 0.2) is 40.2 Å². The van der Waals surface area contributed by atoms with Gasteiger partial charge in [0.25, 0.3) is 5.91 Å². The zero-order valence-corrected chi connectivity index (χ0v) is 15.1. The number of anilines is 1. The lowest BCUT2D eigenvalue weighted by atomic mass is 9.89. The van der Waals surface area contributed by atoms with Gasteiger partial charge in [0.15, 0.2) is 11.4 Å². The number of nitrogens with zero attached hydrogens (tertiary/aromatic N) is 1. The van der Waals surface area contributed by atoms with Crippen LogP contribution in [-0.4, -0.2) is 22.8 Å². The molecule has 1 aromatic carbocycles. The molecule has 2 aromatic rings. The third-order valence-corrected chi connectivity index (χ3v) is 5.63. The van der Waals surface area contributed by atoms with Gasteiger partial charge in [-0.2, -0.15) is 0 Å². The summed E-state index contributed by atoms with van der Waals surface area (Å²) in [5.41, 5.74) is -0.619. The number of thiophene rings is 1. The number of rotatable bonds is 4. The van der Waals surface area contributed by atoms with Crippen molar-refractivity contribution in [3.63, 3.8) is 0 Å². The largest absolute Gasteiger partial charge is 0.375 e. The lowest BCUT2D eigenvalue weighted by Crippen LogP contribution is -2.44. The molecule has 0 radical (unpaired) electrons. The van der Waals surface area contributed by atoms with Gasteiger partial charge in [0.05, 0.1) is 20.8 Å². The van der Waals surface area contributed by atoms with E-state index >= 15 is 0 Å². The van der Waals surface area contributed by atoms with E-state index in [4.69, 9.17) is 0 Å². The monoisotopic (exact) mass is 393 g/mol. The number of benzene rings is 1. The van der Waals surface area contributed by atoms with Crippen LogP contribution in [0.3, 0.4) is 0 Å². The lowest BCUT2D eigenvalue weighted by molar-refractivity contribution is -0.136. The van der Waals surface area contributed by atoms with Crippen molar-refractivity contribution in [3.05, 3.63) is 50.6 Å². The smallest absolute Gasteiger partial charge is 0.264 e. The van der Waals surface area contributed by atoms with E-state index in [1.807, 2.05) is 19.9 Å². The molecule has 6 heteroatoms. The number of hydrogen-bond donors (Lipinski definition) is 1. The summed E-state index contributed by atoms with van der Waals surface area (Å²) < 4.78 is 0.842. The van der Waals surface area contributed by atoms with Gasteiger partial charge in [-0.25, -0.2) is 0 Å². The van der Waals surface area contributed by atoms with Gasteiger partial charge in [-0.15, -0.1) is 11.3 Å². The van der Waals surface area contributed by atoms with Crippen LogP contribution in [0.1, 0.15) is 35.5 Å². The first-order valence-corrected chi connectivity index (χ1v) is 8.89. The average molecular weight is 394 g/mol. The maximum Gasteiger partial charge on any atom is 0.264 e. The topological polar surface area (TPSA) is 57.6 Å². The summed E-state index contributed by atoms with van der Waals surface area (Å²) in [5.74, 6) is -0.672. The number of Topliss-reactive ketones (excluding diaryl/α,β-unsaturated/α-hetero) is 1. The van der Waals surface area contributed by atoms with E-state index in [-0.39, 0.29) is 18.2 Å². The van der Waals surface area contributed by atoms with E-state index in [1.165, 1.54) is 11.3 Å². The molecule has 2 heterocycles. The highest BCUT2D eigenvalue weighted by atomic mass is 79.9. The molecular weight excluding hydrogens is 378 g/mol. The van der Waals surface area contributed by atoms with Crippen LogP contribution in [0.2, 0.25) is 0 Å². The van der Waals surface area contributed by atoms with E-state index in [9.17, 15) is 14.7 Å². The Hall–Kier alpha value is -1.50. The highest BCUT2D eigenvalue weighted by Crippen LogP contribution is 2.44. The molecule has 3 rings (SSSR count). The Kier molecular flexibility index (Phi) is 4.16. The van der Waals surface area contributed by atoms with Crippen molar-refractivity contribution >= 4 is 44.6 Å². The molecule has 0 unspecified atom stereocenters. The summed E-state index contributed by atoms with van der Waals surface area (Å²) in [5, 5.41) is 11.1. The van der Waals surface area contributed by atoms with Crippen LogP contribution in [-0.2, 0) is 10.4 Å². The Morgan fingerprint density at radius 2 is 2.00 bits per heavy atom. The van der Waals surface area contributed by atoms with Gasteiger partial charge >= 0.3 is 0 Å². The third-order valence-electron chi connectivity index (χ3n) is 3.96. The number of halogens is 1. The van der Waals surface area contributed by atoms with Gasteiger partial charge in [-0.05, 0) is 48.0 Å². The van der Waals surface area contributed by atoms with E-state index in [0.29, 0.717) is 16.1 Å². The van der Waals surface area contributed by atoms with Gasteiger partial charge < -0.3 is 10.0 Å². The van der Waals surface area contributed by atoms with Gasteiger partial charge in [-0.3, -0.25) is 9.59 Å². The molecule has 0 fully saturated rings. The zero-order chi connectivity index (χ0) is 16.8. The molecule has 0 bridgehead atoms. The maximum absolute atomic E-state index is 12.8. The van der Waals surface area contributed by atoms with Crippen LogP contribution in [0, 0.1) is 0 Å². The molecule has 1 N–H and O–H groups in total. The van der Waals surface area contributed by atoms with Crippen molar-refractivity contribution in [2.45, 2.75) is 31.9 Å². The molecule has 0 saturated heterocycles. The minimum Gasteiger partial charge on any atom is -0.375 e. The van der Waals surface area contributed by atoms with E-state index in [1.54, 1.807) is 35.2 Å². The predicted octanol–water partition coefficient (Wildman–Crippen LogP) is 3.73. The van der Waals surface area contributed by atoms with Crippen molar-refractivity contribution in [1.29, 1.82) is 0 Å². The molecule has 1 aromatic heterocycles. The van der Waals surface area contributed by atoms with Crippen LogP contribution >= 0.6 is 27.3 Å². The second-order valence-corrected chi connectivity index (χ2v) is 8.31. The summed E-state index contributed by atoms with van der Waals surface area (Å²) in [6.07, 6.45) is -0.251. The Morgan fingerprint density at radius 3 is 2.61 bits per heavy atom. The standard InChI is InChI=1S/C17H16BrNO3S/c1-10(2)19-12-6-4-3-5-11(12)17(22,16(19)21)9-13(20)14-7-8-15(18)23-14/h3-8,10,22H,9H2,1-2H3/t17-/m0/s1. The Bertz CT molecular complexity index is 786. The fraction of sp³-hybridized carbons (Fsp3) is 0.294. The number of carbonyl (C=O) groups is 2. The van der Waals surface area contributed by atoms with Crippen molar-refractivity contribution in [2.24, 2.45) is 0 Å². The Labute approximate surface area is 146 Å². The van der Waals surface area contributed by atoms with Gasteiger partial charge in [0.1, 0.15) is 0 Å². The predicted molar refractivity (Wildman–Crippen MR) is 93.9 cm³/mol. The number of carbonyl (C=O) groups excluding carboxylic acids is 2. The minimum absolute atomic E-state index is 0.0938. The molecule has 1 atom stereocenters. The molecule has 0 saturated carbocycles. The van der Waals surface area contributed by atoms with Crippen LogP contribution in [0.5, 0.6) is 0 Å². The summed E-state index contributed by atoms with van der Waals surface area (Å²) >= 11 is 4.62. The van der Waals surface area contributed by atoms with Crippen molar-refractivity contribution < 1.29 is 14.7 Å². The number of ketones is 1. The summed E-state index contributed by atoms with van der Waals surface area (Å²) in [7, 11) is 0. The van der Waals surface area contributed by atoms with Crippen LogP contribution < -0.4 is 4.90 Å². The normalized spacial score (nSPS) is 20.2. The first-order chi connectivity index (χ1) is 10.8. The Morgan fingerprint density at radius 1 is 1.30 bits per heavy atom. The molecule has 0 aliphatic carbocycles. The first kappa shape index (κ1) is 16.4. The second kappa shape index (κ2) is 5.85. The average Bonchev–Trinajstić information content (AvgIpc) is 3.01. The summed E-state index contributed by atoms with van der Waals surface area (Å²) in [6.45, 7) is 3.78. The molecular formula is C17H16BrNO3S. The van der Waals surface area contributed by atoms with Gasteiger partial charge in [0.2, 0.25) is 0 Å². The zero-order valence-electron chi connectivity index (χ0n) is 12.7. The number of hydrogen-bond acceptors (Lipinski definition) is 4. The molecule has 0 spiro atoms. The highest BCUT2D eigenvalue weighted by molar-refractivity contribution is 9.11. The highest BCUT2D eigenvalue weighted by Gasteiger charge is 2.51.